The number of aromatic nitrogens is 1. The summed E-state index contributed by atoms with van der Waals surface area (Å²) in [6.45, 7) is 12.8. The van der Waals surface area contributed by atoms with Gasteiger partial charge in [-0.25, -0.2) is 9.78 Å². The normalized spacial score (nSPS) is 16.5. The van der Waals surface area contributed by atoms with Gasteiger partial charge in [-0.05, 0) is 57.0 Å². The van der Waals surface area contributed by atoms with Crippen molar-refractivity contribution in [1.82, 2.24) is 4.98 Å². The van der Waals surface area contributed by atoms with Gasteiger partial charge in [-0.15, -0.1) is 0 Å². The molecule has 1 aliphatic rings. The summed E-state index contributed by atoms with van der Waals surface area (Å²) in [4.78, 5) is 22.2. The Morgan fingerprint density at radius 3 is 1.78 bits per heavy atom. The second kappa shape index (κ2) is 11.6. The summed E-state index contributed by atoms with van der Waals surface area (Å²) in [5.74, 6) is -0.380. The second-order valence-corrected chi connectivity index (χ2v) is 9.43. The number of fused-ring (bicyclic) bond motifs is 1. The largest absolute Gasteiger partial charge is 0.439 e. The molecule has 1 aromatic heterocycles. The molecule has 2 heterocycles. The fraction of sp³-hybridized carbons (Fsp3) is 0.419. The van der Waals surface area contributed by atoms with E-state index in [1.165, 1.54) is 31.4 Å². The second-order valence-electron chi connectivity index (χ2n) is 9.43. The SMILES string of the molecule is CCCCN(CCCC)c1ccc(C2(c3ccc(N(CC)CC)cc3)OC(=O)c3ncccc32)cc1. The number of carbonyl (C=O) groups excluding carboxylic acids is 1. The quantitative estimate of drug-likeness (QED) is 0.264. The van der Waals surface area contributed by atoms with E-state index in [-0.39, 0.29) is 5.97 Å². The number of pyridine rings is 1. The molecule has 5 nitrogen and oxygen atoms in total. The lowest BCUT2D eigenvalue weighted by molar-refractivity contribution is 0.0249. The molecule has 0 amide bonds. The molecular weight excluding hydrogens is 446 g/mol. The molecule has 0 aliphatic carbocycles. The van der Waals surface area contributed by atoms with Gasteiger partial charge in [0.2, 0.25) is 0 Å². The number of hydrogen-bond donors (Lipinski definition) is 0. The summed E-state index contributed by atoms with van der Waals surface area (Å²) < 4.78 is 6.25. The highest BCUT2D eigenvalue weighted by Gasteiger charge is 2.49. The molecule has 0 saturated carbocycles. The van der Waals surface area contributed by atoms with Crippen molar-refractivity contribution in [2.24, 2.45) is 0 Å². The summed E-state index contributed by atoms with van der Waals surface area (Å²) in [6, 6.07) is 20.9. The topological polar surface area (TPSA) is 45.7 Å². The first-order valence-corrected chi connectivity index (χ1v) is 13.5. The van der Waals surface area contributed by atoms with Gasteiger partial charge in [0.15, 0.2) is 11.3 Å². The first-order chi connectivity index (χ1) is 17.6. The third kappa shape index (κ3) is 4.84. The van der Waals surface area contributed by atoms with E-state index in [1.807, 2.05) is 12.1 Å². The number of unbranched alkanes of at least 4 members (excludes halogenated alkanes) is 2. The van der Waals surface area contributed by atoms with Crippen LogP contribution in [0.3, 0.4) is 0 Å². The Morgan fingerprint density at radius 1 is 0.750 bits per heavy atom. The predicted molar refractivity (Wildman–Crippen MR) is 148 cm³/mol. The molecule has 0 spiro atoms. The molecule has 2 aromatic carbocycles. The van der Waals surface area contributed by atoms with Crippen molar-refractivity contribution >= 4 is 17.3 Å². The van der Waals surface area contributed by atoms with Crippen LogP contribution in [-0.2, 0) is 10.3 Å². The Balaban J connectivity index is 1.78. The van der Waals surface area contributed by atoms with Crippen LogP contribution in [0.5, 0.6) is 0 Å². The number of ether oxygens (including phenoxy) is 1. The molecule has 0 N–H and O–H groups in total. The molecule has 1 aliphatic heterocycles. The minimum Gasteiger partial charge on any atom is -0.439 e. The van der Waals surface area contributed by atoms with E-state index in [0.29, 0.717) is 5.69 Å². The molecule has 4 rings (SSSR count). The number of hydrogen-bond acceptors (Lipinski definition) is 5. The maximum atomic E-state index is 13.0. The van der Waals surface area contributed by atoms with Crippen LogP contribution in [0.25, 0.3) is 0 Å². The van der Waals surface area contributed by atoms with Crippen molar-refractivity contribution in [3.8, 4) is 0 Å². The van der Waals surface area contributed by atoms with E-state index in [9.17, 15) is 4.79 Å². The lowest BCUT2D eigenvalue weighted by atomic mass is 9.80. The molecule has 0 fully saturated rings. The Kier molecular flexibility index (Phi) is 8.29. The van der Waals surface area contributed by atoms with Crippen LogP contribution in [0.2, 0.25) is 0 Å². The highest BCUT2D eigenvalue weighted by molar-refractivity contribution is 5.94. The van der Waals surface area contributed by atoms with Crippen LogP contribution in [0.4, 0.5) is 11.4 Å². The molecule has 1 atom stereocenters. The number of benzene rings is 2. The summed E-state index contributed by atoms with van der Waals surface area (Å²) in [5, 5.41) is 0. The summed E-state index contributed by atoms with van der Waals surface area (Å²) in [6.07, 6.45) is 6.35. The van der Waals surface area contributed by atoms with Crippen LogP contribution < -0.4 is 9.80 Å². The van der Waals surface area contributed by atoms with Gasteiger partial charge in [0.25, 0.3) is 0 Å². The van der Waals surface area contributed by atoms with E-state index >= 15 is 0 Å². The van der Waals surface area contributed by atoms with Crippen molar-refractivity contribution < 1.29 is 9.53 Å². The summed E-state index contributed by atoms with van der Waals surface area (Å²) in [7, 11) is 0. The van der Waals surface area contributed by atoms with Gasteiger partial charge in [0.05, 0.1) is 0 Å². The zero-order valence-corrected chi connectivity index (χ0v) is 22.2. The van der Waals surface area contributed by atoms with Crippen LogP contribution in [0.15, 0.2) is 66.9 Å². The van der Waals surface area contributed by atoms with Gasteiger partial charge >= 0.3 is 5.97 Å². The van der Waals surface area contributed by atoms with Crippen molar-refractivity contribution in [3.05, 3.63) is 89.2 Å². The number of nitrogens with zero attached hydrogens (tertiary/aromatic N) is 3. The lowest BCUT2D eigenvalue weighted by Crippen LogP contribution is -2.30. The molecule has 5 heteroatoms. The molecule has 36 heavy (non-hydrogen) atoms. The van der Waals surface area contributed by atoms with Crippen LogP contribution in [0.1, 0.15) is 80.6 Å². The number of esters is 1. The van der Waals surface area contributed by atoms with Crippen molar-refractivity contribution in [2.45, 2.75) is 59.0 Å². The smallest absolute Gasteiger partial charge is 0.358 e. The number of rotatable bonds is 12. The molecule has 190 valence electrons. The molecular formula is C31H39N3O2. The Hall–Kier alpha value is -3.34. The average Bonchev–Trinajstić information content (AvgIpc) is 3.23. The Bertz CT molecular complexity index is 1130. The zero-order valence-electron chi connectivity index (χ0n) is 22.2. The Morgan fingerprint density at radius 2 is 1.28 bits per heavy atom. The van der Waals surface area contributed by atoms with Crippen molar-refractivity contribution in [1.29, 1.82) is 0 Å². The third-order valence-electron chi connectivity index (χ3n) is 7.23. The number of cyclic esters (lactones) is 1. The molecule has 1 unspecified atom stereocenters. The van der Waals surface area contributed by atoms with Crippen LogP contribution in [0, 0.1) is 0 Å². The van der Waals surface area contributed by atoms with Crippen molar-refractivity contribution in [2.75, 3.05) is 36.0 Å². The van der Waals surface area contributed by atoms with Gasteiger partial charge in [0, 0.05) is 60.4 Å². The minimum absolute atomic E-state index is 0.380. The predicted octanol–water partition coefficient (Wildman–Crippen LogP) is 6.80. The molecule has 0 saturated heterocycles. The van der Waals surface area contributed by atoms with Crippen molar-refractivity contribution in [3.63, 3.8) is 0 Å². The van der Waals surface area contributed by atoms with Gasteiger partial charge in [-0.1, -0.05) is 57.0 Å². The average molecular weight is 486 g/mol. The highest BCUT2D eigenvalue weighted by Crippen LogP contribution is 2.47. The van der Waals surface area contributed by atoms with E-state index in [4.69, 9.17) is 4.74 Å². The number of anilines is 2. The number of carbonyl (C=O) groups is 1. The fourth-order valence-electron chi connectivity index (χ4n) is 5.16. The first kappa shape index (κ1) is 25.7. The van der Waals surface area contributed by atoms with E-state index in [2.05, 4.69) is 91.0 Å². The van der Waals surface area contributed by atoms with Gasteiger partial charge < -0.3 is 14.5 Å². The van der Waals surface area contributed by atoms with E-state index < -0.39 is 5.60 Å². The molecule has 0 radical (unpaired) electrons. The maximum absolute atomic E-state index is 13.0. The van der Waals surface area contributed by atoms with Crippen LogP contribution in [-0.4, -0.2) is 37.1 Å². The maximum Gasteiger partial charge on any atom is 0.358 e. The zero-order chi connectivity index (χ0) is 25.5. The van der Waals surface area contributed by atoms with E-state index in [1.54, 1.807) is 6.20 Å². The molecule has 3 aromatic rings. The van der Waals surface area contributed by atoms with Gasteiger partial charge in [0.1, 0.15) is 0 Å². The van der Waals surface area contributed by atoms with E-state index in [0.717, 1.165) is 48.6 Å². The molecule has 0 bridgehead atoms. The highest BCUT2D eigenvalue weighted by atomic mass is 16.6. The summed E-state index contributed by atoms with van der Waals surface area (Å²) >= 11 is 0. The first-order valence-electron chi connectivity index (χ1n) is 13.5. The minimum atomic E-state index is -1.02. The summed E-state index contributed by atoms with van der Waals surface area (Å²) in [5.41, 5.74) is 4.41. The third-order valence-corrected chi connectivity index (χ3v) is 7.23. The van der Waals surface area contributed by atoms with Gasteiger partial charge in [-0.3, -0.25) is 0 Å². The monoisotopic (exact) mass is 485 g/mol. The lowest BCUT2D eigenvalue weighted by Gasteiger charge is -2.32. The van der Waals surface area contributed by atoms with Crippen LogP contribution >= 0.6 is 0 Å². The Labute approximate surface area is 216 Å². The van der Waals surface area contributed by atoms with Gasteiger partial charge in [-0.2, -0.15) is 0 Å². The standard InChI is InChI=1S/C31H39N3O2/c1-5-9-22-34(23-10-6-2)27-19-15-25(16-20-27)31(28-12-11-21-32-29(28)30(35)36-31)24-13-17-26(18-14-24)33(7-3)8-4/h11-21H,5-10,22-23H2,1-4H3. The fourth-order valence-corrected chi connectivity index (χ4v) is 5.16.